The molecule has 1 N–H and O–H groups in total. The van der Waals surface area contributed by atoms with E-state index in [1.54, 1.807) is 30.3 Å². The summed E-state index contributed by atoms with van der Waals surface area (Å²) in [4.78, 5) is 25.3. The summed E-state index contributed by atoms with van der Waals surface area (Å²) in [7, 11) is 0. The molecule has 0 aliphatic heterocycles. The zero-order chi connectivity index (χ0) is 21.7. The number of nitrogens with one attached hydrogen (secondary N) is 1. The number of ether oxygens (including phenoxy) is 1. The molecular formula is C22H15ClF3NO3. The Hall–Kier alpha value is -3.32. The molecule has 0 saturated heterocycles. The summed E-state index contributed by atoms with van der Waals surface area (Å²) < 4.78 is 44.2. The fourth-order valence-corrected chi connectivity index (χ4v) is 2.77. The summed E-state index contributed by atoms with van der Waals surface area (Å²) >= 11 is 5.81. The van der Waals surface area contributed by atoms with Gasteiger partial charge in [0.25, 0.3) is 5.91 Å². The van der Waals surface area contributed by atoms with Gasteiger partial charge in [-0.1, -0.05) is 48.0 Å². The molecule has 0 spiro atoms. The Balaban J connectivity index is 1.85. The molecule has 0 saturated carbocycles. The Morgan fingerprint density at radius 2 is 1.57 bits per heavy atom. The van der Waals surface area contributed by atoms with E-state index in [1.807, 2.05) is 0 Å². The fraction of sp³-hybridized carbons (Fsp3) is 0.0909. The summed E-state index contributed by atoms with van der Waals surface area (Å²) in [5, 5.41) is 2.81. The van der Waals surface area contributed by atoms with Gasteiger partial charge in [0.2, 0.25) is 6.10 Å². The molecule has 0 radical (unpaired) electrons. The van der Waals surface area contributed by atoms with E-state index in [0.717, 1.165) is 12.1 Å². The third-order valence-electron chi connectivity index (χ3n) is 4.10. The minimum absolute atomic E-state index is 0.0710. The fourth-order valence-electron chi connectivity index (χ4n) is 2.64. The molecular weight excluding hydrogens is 419 g/mol. The van der Waals surface area contributed by atoms with Crippen molar-refractivity contribution in [1.29, 1.82) is 0 Å². The van der Waals surface area contributed by atoms with Crippen LogP contribution in [0, 0.1) is 0 Å². The van der Waals surface area contributed by atoms with Gasteiger partial charge in [-0.25, -0.2) is 4.79 Å². The molecule has 0 heterocycles. The number of halogens is 4. The maximum Gasteiger partial charge on any atom is 0.416 e. The van der Waals surface area contributed by atoms with Gasteiger partial charge < -0.3 is 10.1 Å². The maximum atomic E-state index is 12.9. The van der Waals surface area contributed by atoms with Crippen LogP contribution in [0.4, 0.5) is 18.9 Å². The van der Waals surface area contributed by atoms with Crippen LogP contribution in [-0.4, -0.2) is 11.9 Å². The summed E-state index contributed by atoms with van der Waals surface area (Å²) in [6, 6.07) is 18.2. The van der Waals surface area contributed by atoms with E-state index in [1.165, 1.54) is 36.4 Å². The average Bonchev–Trinajstić information content (AvgIpc) is 2.72. The Morgan fingerprint density at radius 1 is 0.900 bits per heavy atom. The third kappa shape index (κ3) is 5.39. The molecule has 0 aliphatic carbocycles. The second-order valence-corrected chi connectivity index (χ2v) is 6.71. The number of hydrogen-bond donors (Lipinski definition) is 1. The van der Waals surface area contributed by atoms with Crippen LogP contribution in [0.2, 0.25) is 5.02 Å². The first kappa shape index (κ1) is 21.4. The van der Waals surface area contributed by atoms with Gasteiger partial charge in [-0.05, 0) is 42.5 Å². The minimum Gasteiger partial charge on any atom is -0.444 e. The highest BCUT2D eigenvalue weighted by Gasteiger charge is 2.31. The molecule has 0 fully saturated rings. The molecule has 0 aromatic heterocycles. The average molecular weight is 434 g/mol. The lowest BCUT2D eigenvalue weighted by Gasteiger charge is -2.18. The number of esters is 1. The van der Waals surface area contributed by atoms with Crippen molar-refractivity contribution < 1.29 is 27.5 Å². The summed E-state index contributed by atoms with van der Waals surface area (Å²) in [6.45, 7) is 0. The molecule has 0 bridgehead atoms. The predicted molar refractivity (Wildman–Crippen MR) is 106 cm³/mol. The van der Waals surface area contributed by atoms with Crippen LogP contribution in [0.3, 0.4) is 0 Å². The molecule has 0 unspecified atom stereocenters. The highest BCUT2D eigenvalue weighted by molar-refractivity contribution is 6.30. The van der Waals surface area contributed by atoms with Crippen molar-refractivity contribution in [3.63, 3.8) is 0 Å². The van der Waals surface area contributed by atoms with Crippen LogP contribution in [-0.2, 0) is 15.7 Å². The van der Waals surface area contributed by atoms with Crippen LogP contribution in [0.1, 0.15) is 27.6 Å². The standard InChI is InChI=1S/C22H15ClF3NO3/c23-17-11-9-15(10-12-17)21(29)30-19(14-5-2-1-3-6-14)20(28)27-18-8-4-7-16(13-18)22(24,25)26/h1-13,19H,(H,27,28)/t19-/m0/s1. The van der Waals surface area contributed by atoms with Crippen LogP contribution in [0.25, 0.3) is 0 Å². The number of amides is 1. The minimum atomic E-state index is -4.55. The second kappa shape index (κ2) is 9.00. The highest BCUT2D eigenvalue weighted by atomic mass is 35.5. The zero-order valence-corrected chi connectivity index (χ0v) is 16.1. The number of anilines is 1. The lowest BCUT2D eigenvalue weighted by atomic mass is 10.1. The van der Waals surface area contributed by atoms with Crippen molar-refractivity contribution in [1.82, 2.24) is 0 Å². The van der Waals surface area contributed by atoms with Gasteiger partial charge in [0.05, 0.1) is 11.1 Å². The molecule has 4 nitrogen and oxygen atoms in total. The third-order valence-corrected chi connectivity index (χ3v) is 4.35. The Bertz CT molecular complexity index is 1040. The topological polar surface area (TPSA) is 55.4 Å². The highest BCUT2D eigenvalue weighted by Crippen LogP contribution is 2.31. The first-order chi connectivity index (χ1) is 14.2. The van der Waals surface area contributed by atoms with Crippen LogP contribution in [0.15, 0.2) is 78.9 Å². The molecule has 30 heavy (non-hydrogen) atoms. The Morgan fingerprint density at radius 3 is 2.20 bits per heavy atom. The smallest absolute Gasteiger partial charge is 0.416 e. The van der Waals surface area contributed by atoms with Crippen LogP contribution >= 0.6 is 11.6 Å². The largest absolute Gasteiger partial charge is 0.444 e. The predicted octanol–water partition coefficient (Wildman–Crippen LogP) is 5.90. The molecule has 154 valence electrons. The molecule has 0 aliphatic rings. The lowest BCUT2D eigenvalue weighted by Crippen LogP contribution is -2.26. The van der Waals surface area contributed by atoms with Gasteiger partial charge in [-0.3, -0.25) is 4.79 Å². The molecule has 1 amide bonds. The number of carbonyl (C=O) groups excluding carboxylic acids is 2. The van der Waals surface area contributed by atoms with Crippen molar-refractivity contribution >= 4 is 29.2 Å². The molecule has 3 rings (SSSR count). The van der Waals surface area contributed by atoms with Crippen molar-refractivity contribution in [2.24, 2.45) is 0 Å². The quantitative estimate of drug-likeness (QED) is 0.510. The van der Waals surface area contributed by atoms with Crippen molar-refractivity contribution in [3.8, 4) is 0 Å². The summed E-state index contributed by atoms with van der Waals surface area (Å²) in [5.74, 6) is -1.57. The lowest BCUT2D eigenvalue weighted by molar-refractivity contribution is -0.137. The van der Waals surface area contributed by atoms with E-state index in [4.69, 9.17) is 16.3 Å². The first-order valence-electron chi connectivity index (χ1n) is 8.73. The van der Waals surface area contributed by atoms with Gasteiger partial charge >= 0.3 is 12.1 Å². The SMILES string of the molecule is O=C(O[C@H](C(=O)Nc1cccc(C(F)(F)F)c1)c1ccccc1)c1ccc(Cl)cc1. The normalized spacial score (nSPS) is 12.1. The number of alkyl halides is 3. The van der Waals surface area contributed by atoms with E-state index >= 15 is 0 Å². The van der Waals surface area contributed by atoms with E-state index < -0.39 is 29.7 Å². The van der Waals surface area contributed by atoms with E-state index in [-0.39, 0.29) is 11.3 Å². The van der Waals surface area contributed by atoms with E-state index in [0.29, 0.717) is 10.6 Å². The number of hydrogen-bond acceptors (Lipinski definition) is 3. The maximum absolute atomic E-state index is 12.9. The molecule has 8 heteroatoms. The molecule has 1 atom stereocenters. The van der Waals surface area contributed by atoms with E-state index in [9.17, 15) is 22.8 Å². The first-order valence-corrected chi connectivity index (χ1v) is 9.11. The Kier molecular flexibility index (Phi) is 6.42. The van der Waals surface area contributed by atoms with Gasteiger partial charge in [-0.2, -0.15) is 13.2 Å². The van der Waals surface area contributed by atoms with Crippen LogP contribution < -0.4 is 5.32 Å². The molecule has 3 aromatic rings. The summed E-state index contributed by atoms with van der Waals surface area (Å²) in [6.07, 6.45) is -5.93. The second-order valence-electron chi connectivity index (χ2n) is 6.27. The van der Waals surface area contributed by atoms with Crippen molar-refractivity contribution in [2.45, 2.75) is 12.3 Å². The van der Waals surface area contributed by atoms with E-state index in [2.05, 4.69) is 5.32 Å². The zero-order valence-electron chi connectivity index (χ0n) is 15.3. The number of rotatable bonds is 5. The van der Waals surface area contributed by atoms with Gasteiger partial charge in [-0.15, -0.1) is 0 Å². The van der Waals surface area contributed by atoms with Gasteiger partial charge in [0, 0.05) is 16.3 Å². The number of benzene rings is 3. The van der Waals surface area contributed by atoms with Crippen molar-refractivity contribution in [3.05, 3.63) is 101 Å². The Labute approximate surface area is 175 Å². The summed E-state index contributed by atoms with van der Waals surface area (Å²) in [5.41, 5.74) is -0.440. The monoisotopic (exact) mass is 433 g/mol. The number of carbonyl (C=O) groups is 2. The van der Waals surface area contributed by atoms with Gasteiger partial charge in [0.15, 0.2) is 0 Å². The van der Waals surface area contributed by atoms with Gasteiger partial charge in [0.1, 0.15) is 0 Å². The van der Waals surface area contributed by atoms with Crippen molar-refractivity contribution in [2.75, 3.05) is 5.32 Å². The van der Waals surface area contributed by atoms with Crippen LogP contribution in [0.5, 0.6) is 0 Å². The molecule has 3 aromatic carbocycles.